The van der Waals surface area contributed by atoms with Gasteiger partial charge in [-0.3, -0.25) is 9.69 Å². The maximum atomic E-state index is 11.3. The standard InChI is InChI=1S/C11H19NO2/c1-5-6-7-8-9-10(12(2)3)11(13)14-4/h5,7-8,10H,1,6,9H2,2-4H3. The van der Waals surface area contributed by atoms with E-state index in [9.17, 15) is 4.79 Å². The predicted molar refractivity (Wildman–Crippen MR) is 58.1 cm³/mol. The second-order valence-corrected chi connectivity index (χ2v) is 3.23. The number of rotatable bonds is 6. The number of nitrogens with zero attached hydrogens (tertiary/aromatic N) is 1. The Kier molecular flexibility index (Phi) is 6.76. The first-order valence-corrected chi connectivity index (χ1v) is 4.63. The van der Waals surface area contributed by atoms with E-state index in [-0.39, 0.29) is 12.0 Å². The molecule has 0 rings (SSSR count). The molecule has 0 aromatic heterocycles. The van der Waals surface area contributed by atoms with Gasteiger partial charge in [0, 0.05) is 0 Å². The highest BCUT2D eigenvalue weighted by Gasteiger charge is 2.19. The minimum Gasteiger partial charge on any atom is -0.468 e. The zero-order valence-electron chi connectivity index (χ0n) is 9.19. The summed E-state index contributed by atoms with van der Waals surface area (Å²) in [7, 11) is 5.14. The Bertz CT molecular complexity index is 209. The fraction of sp³-hybridized carbons (Fsp3) is 0.545. The summed E-state index contributed by atoms with van der Waals surface area (Å²) >= 11 is 0. The lowest BCUT2D eigenvalue weighted by Gasteiger charge is -2.19. The first kappa shape index (κ1) is 12.9. The molecule has 0 aromatic rings. The van der Waals surface area contributed by atoms with Crippen molar-refractivity contribution >= 4 is 5.97 Å². The van der Waals surface area contributed by atoms with Crippen LogP contribution in [0.3, 0.4) is 0 Å². The van der Waals surface area contributed by atoms with Crippen LogP contribution in [0.2, 0.25) is 0 Å². The Labute approximate surface area is 86.0 Å². The number of likely N-dealkylation sites (N-methyl/N-ethyl adjacent to an activating group) is 1. The number of esters is 1. The normalized spacial score (nSPS) is 13.1. The lowest BCUT2D eigenvalue weighted by molar-refractivity contribution is -0.145. The Balaban J connectivity index is 4.10. The minimum atomic E-state index is -0.196. The van der Waals surface area contributed by atoms with Crippen LogP contribution in [0.15, 0.2) is 24.8 Å². The van der Waals surface area contributed by atoms with Gasteiger partial charge in [-0.1, -0.05) is 18.2 Å². The van der Waals surface area contributed by atoms with Gasteiger partial charge in [-0.25, -0.2) is 0 Å². The van der Waals surface area contributed by atoms with E-state index in [1.165, 1.54) is 7.11 Å². The van der Waals surface area contributed by atoms with Gasteiger partial charge in [-0.05, 0) is 26.9 Å². The lowest BCUT2D eigenvalue weighted by Crippen LogP contribution is -2.36. The molecule has 80 valence electrons. The highest BCUT2D eigenvalue weighted by Crippen LogP contribution is 2.03. The highest BCUT2D eigenvalue weighted by molar-refractivity contribution is 5.75. The molecule has 3 nitrogen and oxygen atoms in total. The molecule has 0 aromatic carbocycles. The molecule has 0 aliphatic carbocycles. The van der Waals surface area contributed by atoms with Crippen LogP contribution < -0.4 is 0 Å². The van der Waals surface area contributed by atoms with Crippen molar-refractivity contribution in [1.29, 1.82) is 0 Å². The Hall–Kier alpha value is -1.09. The number of hydrogen-bond acceptors (Lipinski definition) is 3. The molecule has 0 fully saturated rings. The number of methoxy groups -OCH3 is 1. The van der Waals surface area contributed by atoms with Crippen molar-refractivity contribution in [2.75, 3.05) is 21.2 Å². The molecule has 0 amide bonds. The summed E-state index contributed by atoms with van der Waals surface area (Å²) in [5.41, 5.74) is 0. The van der Waals surface area contributed by atoms with Gasteiger partial charge < -0.3 is 4.74 Å². The van der Waals surface area contributed by atoms with Gasteiger partial charge in [0.2, 0.25) is 0 Å². The summed E-state index contributed by atoms with van der Waals surface area (Å²) in [5.74, 6) is -0.196. The van der Waals surface area contributed by atoms with Crippen molar-refractivity contribution in [1.82, 2.24) is 4.90 Å². The van der Waals surface area contributed by atoms with Crippen molar-refractivity contribution in [3.63, 3.8) is 0 Å². The van der Waals surface area contributed by atoms with Gasteiger partial charge in [-0.2, -0.15) is 0 Å². The van der Waals surface area contributed by atoms with E-state index >= 15 is 0 Å². The van der Waals surface area contributed by atoms with E-state index in [2.05, 4.69) is 6.58 Å². The van der Waals surface area contributed by atoms with E-state index in [0.717, 1.165) is 6.42 Å². The predicted octanol–water partition coefficient (Wildman–Crippen LogP) is 1.61. The third-order valence-corrected chi connectivity index (χ3v) is 1.93. The van der Waals surface area contributed by atoms with Crippen molar-refractivity contribution in [3.8, 4) is 0 Å². The SMILES string of the molecule is C=CCC=CCC(C(=O)OC)N(C)C. The Morgan fingerprint density at radius 2 is 2.14 bits per heavy atom. The van der Waals surface area contributed by atoms with Crippen LogP contribution in [0.25, 0.3) is 0 Å². The van der Waals surface area contributed by atoms with Crippen LogP contribution in [-0.4, -0.2) is 38.1 Å². The van der Waals surface area contributed by atoms with Gasteiger partial charge in [0.25, 0.3) is 0 Å². The number of carbonyl (C=O) groups is 1. The van der Waals surface area contributed by atoms with Gasteiger partial charge in [0.05, 0.1) is 7.11 Å². The van der Waals surface area contributed by atoms with E-state index in [1.807, 2.05) is 37.2 Å². The molecule has 0 heterocycles. The van der Waals surface area contributed by atoms with Crippen molar-refractivity contribution in [2.24, 2.45) is 0 Å². The van der Waals surface area contributed by atoms with E-state index in [1.54, 1.807) is 0 Å². The topological polar surface area (TPSA) is 29.5 Å². The molecule has 0 spiro atoms. The molecule has 14 heavy (non-hydrogen) atoms. The molecule has 1 unspecified atom stereocenters. The zero-order valence-corrected chi connectivity index (χ0v) is 9.19. The summed E-state index contributed by atoms with van der Waals surface area (Å²) in [6.45, 7) is 3.61. The molecule has 0 radical (unpaired) electrons. The van der Waals surface area contributed by atoms with Crippen molar-refractivity contribution < 1.29 is 9.53 Å². The van der Waals surface area contributed by atoms with Gasteiger partial charge >= 0.3 is 5.97 Å². The molecule has 0 aliphatic heterocycles. The van der Waals surface area contributed by atoms with Gasteiger partial charge in [-0.15, -0.1) is 6.58 Å². The fourth-order valence-corrected chi connectivity index (χ4v) is 1.07. The molecule has 0 saturated heterocycles. The zero-order chi connectivity index (χ0) is 11.0. The maximum absolute atomic E-state index is 11.3. The third-order valence-electron chi connectivity index (χ3n) is 1.93. The van der Waals surface area contributed by atoms with E-state index < -0.39 is 0 Å². The van der Waals surface area contributed by atoms with Gasteiger partial charge in [0.1, 0.15) is 6.04 Å². The van der Waals surface area contributed by atoms with Crippen LogP contribution in [0.5, 0.6) is 0 Å². The molecule has 0 saturated carbocycles. The van der Waals surface area contributed by atoms with Crippen molar-refractivity contribution in [2.45, 2.75) is 18.9 Å². The molecular formula is C11H19NO2. The summed E-state index contributed by atoms with van der Waals surface area (Å²) in [4.78, 5) is 13.2. The van der Waals surface area contributed by atoms with E-state index in [4.69, 9.17) is 4.74 Å². The Morgan fingerprint density at radius 1 is 1.50 bits per heavy atom. The van der Waals surface area contributed by atoms with Crippen LogP contribution in [0.1, 0.15) is 12.8 Å². The van der Waals surface area contributed by atoms with Crippen LogP contribution in [0.4, 0.5) is 0 Å². The number of ether oxygens (including phenoxy) is 1. The summed E-state index contributed by atoms with van der Waals surface area (Å²) in [6.07, 6.45) is 7.30. The second kappa shape index (κ2) is 7.33. The quantitative estimate of drug-likeness (QED) is 0.478. The summed E-state index contributed by atoms with van der Waals surface area (Å²) in [5, 5.41) is 0. The van der Waals surface area contributed by atoms with Crippen molar-refractivity contribution in [3.05, 3.63) is 24.8 Å². The average Bonchev–Trinajstić information content (AvgIpc) is 2.16. The highest BCUT2D eigenvalue weighted by atomic mass is 16.5. The van der Waals surface area contributed by atoms with Crippen LogP contribution in [-0.2, 0) is 9.53 Å². The maximum Gasteiger partial charge on any atom is 0.323 e. The fourth-order valence-electron chi connectivity index (χ4n) is 1.07. The third kappa shape index (κ3) is 4.82. The molecule has 0 bridgehead atoms. The molecule has 0 N–H and O–H groups in total. The molecular weight excluding hydrogens is 178 g/mol. The van der Waals surface area contributed by atoms with Gasteiger partial charge in [0.15, 0.2) is 0 Å². The molecule has 0 aliphatic rings. The van der Waals surface area contributed by atoms with E-state index in [0.29, 0.717) is 6.42 Å². The number of allylic oxidation sites excluding steroid dienone is 2. The minimum absolute atomic E-state index is 0.193. The van der Waals surface area contributed by atoms with Crippen LogP contribution >= 0.6 is 0 Å². The first-order chi connectivity index (χ1) is 6.63. The number of carbonyl (C=O) groups excluding carboxylic acids is 1. The average molecular weight is 197 g/mol. The first-order valence-electron chi connectivity index (χ1n) is 4.63. The lowest BCUT2D eigenvalue weighted by atomic mass is 10.1. The second-order valence-electron chi connectivity index (χ2n) is 3.23. The smallest absolute Gasteiger partial charge is 0.323 e. The Morgan fingerprint density at radius 3 is 2.57 bits per heavy atom. The summed E-state index contributed by atoms with van der Waals surface area (Å²) < 4.78 is 4.70. The molecule has 3 heteroatoms. The number of hydrogen-bond donors (Lipinski definition) is 0. The largest absolute Gasteiger partial charge is 0.468 e. The molecule has 1 atom stereocenters. The van der Waals surface area contributed by atoms with Crippen LogP contribution in [0, 0.1) is 0 Å². The monoisotopic (exact) mass is 197 g/mol. The summed E-state index contributed by atoms with van der Waals surface area (Å²) in [6, 6.07) is -0.193.